The van der Waals surface area contributed by atoms with E-state index in [4.69, 9.17) is 20.2 Å². The summed E-state index contributed by atoms with van der Waals surface area (Å²) < 4.78 is 32.3. The van der Waals surface area contributed by atoms with Gasteiger partial charge >= 0.3 is 0 Å². The molecule has 1 heterocycles. The Kier molecular flexibility index (Phi) is 3.31. The van der Waals surface area contributed by atoms with Gasteiger partial charge in [-0.15, -0.1) is 0 Å². The summed E-state index contributed by atoms with van der Waals surface area (Å²) in [4.78, 5) is -0.0338. The molecule has 94 valence electrons. The van der Waals surface area contributed by atoms with Crippen LogP contribution in [0.2, 0.25) is 0 Å². The molecule has 0 amide bonds. The van der Waals surface area contributed by atoms with Gasteiger partial charge in [-0.2, -0.15) is 0 Å². The summed E-state index contributed by atoms with van der Waals surface area (Å²) in [6.45, 7) is 0.500. The molecule has 1 fully saturated rings. The van der Waals surface area contributed by atoms with Crippen molar-refractivity contribution in [2.75, 3.05) is 19.8 Å². The smallest absolute Gasteiger partial charge is 0.261 e. The van der Waals surface area contributed by atoms with E-state index in [2.05, 4.69) is 0 Å². The van der Waals surface area contributed by atoms with Crippen LogP contribution in [0.4, 0.5) is 0 Å². The third-order valence-electron chi connectivity index (χ3n) is 2.34. The van der Waals surface area contributed by atoms with Gasteiger partial charge in [0, 0.05) is 16.7 Å². The van der Waals surface area contributed by atoms with Crippen molar-refractivity contribution in [2.45, 2.75) is 10.5 Å². The largest absolute Gasteiger partial charge is 0.490 e. The summed E-state index contributed by atoms with van der Waals surface area (Å²) in [6.07, 6.45) is 0. The van der Waals surface area contributed by atoms with Gasteiger partial charge in [-0.25, -0.2) is 8.42 Å². The quantitative estimate of drug-likeness (QED) is 0.823. The molecule has 1 aromatic carbocycles. The molecule has 0 radical (unpaired) electrons. The minimum absolute atomic E-state index is 0.0338. The number of hydrogen-bond acceptors (Lipinski definition) is 5. The molecule has 1 aliphatic heterocycles. The fourth-order valence-electron chi connectivity index (χ4n) is 1.35. The first-order chi connectivity index (χ1) is 7.89. The second-order valence-corrected chi connectivity index (χ2v) is 6.48. The molecule has 0 spiro atoms. The number of rotatable bonds is 4. The molecular formula is C10H11ClO5S. The standard InChI is InChI=1S/C10H11ClO5S/c11-17(13,14)9-3-1-2-8(4-9)16-7-10(12)5-15-6-10/h1-4,12H,5-7H2. The Morgan fingerprint density at radius 3 is 2.71 bits per heavy atom. The van der Waals surface area contributed by atoms with Crippen LogP contribution in [0.25, 0.3) is 0 Å². The summed E-state index contributed by atoms with van der Waals surface area (Å²) in [5, 5.41) is 9.71. The topological polar surface area (TPSA) is 72.8 Å². The van der Waals surface area contributed by atoms with Crippen LogP contribution in [0.1, 0.15) is 0 Å². The molecule has 5 nitrogen and oxygen atoms in total. The second kappa shape index (κ2) is 4.45. The summed E-state index contributed by atoms with van der Waals surface area (Å²) >= 11 is 0. The lowest BCUT2D eigenvalue weighted by atomic mass is 10.0. The van der Waals surface area contributed by atoms with Crippen LogP contribution in [0.3, 0.4) is 0 Å². The number of halogens is 1. The molecule has 2 rings (SSSR count). The lowest BCUT2D eigenvalue weighted by molar-refractivity contribution is -0.192. The highest BCUT2D eigenvalue weighted by atomic mass is 35.7. The maximum Gasteiger partial charge on any atom is 0.261 e. The van der Waals surface area contributed by atoms with E-state index in [-0.39, 0.29) is 24.7 Å². The minimum atomic E-state index is -3.77. The van der Waals surface area contributed by atoms with Crippen molar-refractivity contribution in [3.63, 3.8) is 0 Å². The van der Waals surface area contributed by atoms with Crippen LogP contribution in [-0.4, -0.2) is 38.9 Å². The monoisotopic (exact) mass is 278 g/mol. The normalized spacial score (nSPS) is 18.5. The summed E-state index contributed by atoms with van der Waals surface area (Å²) in [5.41, 5.74) is -0.976. The minimum Gasteiger partial charge on any atom is -0.490 e. The van der Waals surface area contributed by atoms with Crippen LogP contribution in [-0.2, 0) is 13.8 Å². The van der Waals surface area contributed by atoms with Crippen molar-refractivity contribution in [1.82, 2.24) is 0 Å². The fraction of sp³-hybridized carbons (Fsp3) is 0.400. The molecule has 0 aromatic heterocycles. The molecule has 7 heteroatoms. The average Bonchev–Trinajstić information content (AvgIpc) is 2.23. The van der Waals surface area contributed by atoms with Crippen LogP contribution in [0, 0.1) is 0 Å². The van der Waals surface area contributed by atoms with E-state index in [1.54, 1.807) is 6.07 Å². The maximum absolute atomic E-state index is 11.1. The lowest BCUT2D eigenvalue weighted by Gasteiger charge is -2.35. The Labute approximate surface area is 103 Å². The first kappa shape index (κ1) is 12.6. The predicted molar refractivity (Wildman–Crippen MR) is 60.7 cm³/mol. The van der Waals surface area contributed by atoms with Crippen LogP contribution in [0.15, 0.2) is 29.2 Å². The van der Waals surface area contributed by atoms with E-state index >= 15 is 0 Å². The van der Waals surface area contributed by atoms with E-state index in [1.165, 1.54) is 18.2 Å². The van der Waals surface area contributed by atoms with Gasteiger partial charge in [-0.3, -0.25) is 0 Å². The number of hydrogen-bond donors (Lipinski definition) is 1. The zero-order chi connectivity index (χ0) is 12.5. The molecular weight excluding hydrogens is 268 g/mol. The van der Waals surface area contributed by atoms with Crippen LogP contribution < -0.4 is 4.74 Å². The summed E-state index contributed by atoms with van der Waals surface area (Å²) in [5.74, 6) is 0.340. The highest BCUT2D eigenvalue weighted by molar-refractivity contribution is 8.13. The molecule has 0 atom stereocenters. The van der Waals surface area contributed by atoms with Gasteiger partial charge < -0.3 is 14.6 Å². The van der Waals surface area contributed by atoms with Crippen LogP contribution >= 0.6 is 10.7 Å². The molecule has 1 N–H and O–H groups in total. The Hall–Kier alpha value is -0.820. The highest BCUT2D eigenvalue weighted by Crippen LogP contribution is 2.23. The molecule has 17 heavy (non-hydrogen) atoms. The van der Waals surface area contributed by atoms with Crippen molar-refractivity contribution >= 4 is 19.7 Å². The fourth-order valence-corrected chi connectivity index (χ4v) is 2.14. The van der Waals surface area contributed by atoms with Gasteiger partial charge in [0.05, 0.1) is 18.1 Å². The Morgan fingerprint density at radius 2 is 2.18 bits per heavy atom. The molecule has 0 bridgehead atoms. The predicted octanol–water partition coefficient (Wildman–Crippen LogP) is 0.754. The van der Waals surface area contributed by atoms with Gasteiger partial charge in [-0.05, 0) is 12.1 Å². The Bertz CT molecular complexity index is 509. The average molecular weight is 279 g/mol. The van der Waals surface area contributed by atoms with Gasteiger partial charge in [-0.1, -0.05) is 6.07 Å². The van der Waals surface area contributed by atoms with E-state index in [0.29, 0.717) is 5.75 Å². The van der Waals surface area contributed by atoms with Gasteiger partial charge in [0.15, 0.2) is 0 Å². The van der Waals surface area contributed by atoms with Crippen molar-refractivity contribution in [1.29, 1.82) is 0 Å². The van der Waals surface area contributed by atoms with E-state index in [0.717, 1.165) is 0 Å². The SMILES string of the molecule is O=S(=O)(Cl)c1cccc(OCC2(O)COC2)c1. The third-order valence-corrected chi connectivity index (χ3v) is 3.69. The first-order valence-corrected chi connectivity index (χ1v) is 7.18. The molecule has 1 aliphatic rings. The van der Waals surface area contributed by atoms with Gasteiger partial charge in [0.2, 0.25) is 0 Å². The van der Waals surface area contributed by atoms with Crippen molar-refractivity contribution in [3.05, 3.63) is 24.3 Å². The van der Waals surface area contributed by atoms with E-state index in [9.17, 15) is 13.5 Å². The van der Waals surface area contributed by atoms with Crippen molar-refractivity contribution < 1.29 is 23.0 Å². The van der Waals surface area contributed by atoms with Crippen molar-refractivity contribution in [3.8, 4) is 5.75 Å². The number of benzene rings is 1. The summed E-state index contributed by atoms with van der Waals surface area (Å²) in [7, 11) is 1.44. The summed E-state index contributed by atoms with van der Waals surface area (Å²) in [6, 6.07) is 5.79. The van der Waals surface area contributed by atoms with E-state index < -0.39 is 14.7 Å². The maximum atomic E-state index is 11.1. The first-order valence-electron chi connectivity index (χ1n) is 4.87. The zero-order valence-corrected chi connectivity index (χ0v) is 10.4. The third kappa shape index (κ3) is 3.10. The lowest BCUT2D eigenvalue weighted by Crippen LogP contribution is -2.53. The number of ether oxygens (including phenoxy) is 2. The number of aliphatic hydroxyl groups is 1. The Balaban J connectivity index is 2.06. The second-order valence-electron chi connectivity index (χ2n) is 3.92. The van der Waals surface area contributed by atoms with Gasteiger partial charge in [0.1, 0.15) is 18.0 Å². The van der Waals surface area contributed by atoms with Crippen molar-refractivity contribution in [2.24, 2.45) is 0 Å². The van der Waals surface area contributed by atoms with E-state index in [1.807, 2.05) is 0 Å². The molecule has 1 aromatic rings. The molecule has 1 saturated heterocycles. The molecule has 0 unspecified atom stereocenters. The Morgan fingerprint density at radius 1 is 1.47 bits per heavy atom. The zero-order valence-electron chi connectivity index (χ0n) is 8.80. The molecule has 0 saturated carbocycles. The van der Waals surface area contributed by atoms with Crippen LogP contribution in [0.5, 0.6) is 5.75 Å². The molecule has 0 aliphatic carbocycles. The highest BCUT2D eigenvalue weighted by Gasteiger charge is 2.37. The van der Waals surface area contributed by atoms with Gasteiger partial charge in [0.25, 0.3) is 9.05 Å².